The van der Waals surface area contributed by atoms with Crippen LogP contribution in [0.25, 0.3) is 0 Å². The number of piperidine rings is 1. The number of halogens is 1. The summed E-state index contributed by atoms with van der Waals surface area (Å²) in [5, 5.41) is 3.38. The van der Waals surface area contributed by atoms with Gasteiger partial charge in [-0.15, -0.1) is 0 Å². The van der Waals surface area contributed by atoms with Gasteiger partial charge in [0.2, 0.25) is 0 Å². The van der Waals surface area contributed by atoms with E-state index in [1.165, 1.54) is 5.57 Å². The zero-order chi connectivity index (χ0) is 12.1. The molecule has 0 saturated carbocycles. The molecule has 2 nitrogen and oxygen atoms in total. The number of hydrogen-bond acceptors (Lipinski definition) is 2. The van der Waals surface area contributed by atoms with Crippen molar-refractivity contribution >= 4 is 0 Å². The summed E-state index contributed by atoms with van der Waals surface area (Å²) in [4.78, 5) is 0. The first-order valence-corrected chi connectivity index (χ1v) is 6.55. The molecule has 17 heavy (non-hydrogen) atoms. The summed E-state index contributed by atoms with van der Waals surface area (Å²) in [7, 11) is 0. The second kappa shape index (κ2) is 3.66. The van der Waals surface area contributed by atoms with E-state index in [1.807, 2.05) is 0 Å². The summed E-state index contributed by atoms with van der Waals surface area (Å²) in [6, 6.07) is 0. The second-order valence-corrected chi connectivity index (χ2v) is 5.84. The third-order valence-corrected chi connectivity index (χ3v) is 4.30. The van der Waals surface area contributed by atoms with Gasteiger partial charge in [-0.3, -0.25) is 0 Å². The van der Waals surface area contributed by atoms with Crippen LogP contribution in [0.2, 0.25) is 0 Å². The van der Waals surface area contributed by atoms with E-state index in [0.29, 0.717) is 6.42 Å². The first-order valence-electron chi connectivity index (χ1n) is 6.55. The molecule has 1 N–H and O–H groups in total. The van der Waals surface area contributed by atoms with Gasteiger partial charge in [-0.25, -0.2) is 4.39 Å². The molecular formula is C14H20FNO. The normalized spacial score (nSPS) is 30.4. The van der Waals surface area contributed by atoms with Crippen LogP contribution in [0, 0.1) is 0 Å². The van der Waals surface area contributed by atoms with E-state index in [1.54, 1.807) is 6.08 Å². The molecule has 3 heteroatoms. The molecule has 3 aliphatic rings. The summed E-state index contributed by atoms with van der Waals surface area (Å²) >= 11 is 0. The van der Waals surface area contributed by atoms with Gasteiger partial charge in [0.1, 0.15) is 5.83 Å². The van der Waals surface area contributed by atoms with Crippen LogP contribution < -0.4 is 5.32 Å². The largest absolute Gasteiger partial charge is 0.360 e. The highest BCUT2D eigenvalue weighted by atomic mass is 19.1. The van der Waals surface area contributed by atoms with Crippen molar-refractivity contribution in [3.8, 4) is 0 Å². The fraction of sp³-hybridized carbons (Fsp3) is 0.714. The molecule has 2 aliphatic heterocycles. The molecular weight excluding hydrogens is 217 g/mol. The molecule has 1 saturated heterocycles. The molecule has 1 spiro atoms. The van der Waals surface area contributed by atoms with Crippen molar-refractivity contribution in [3.63, 3.8) is 0 Å². The number of rotatable bonds is 0. The smallest absolute Gasteiger partial charge is 0.101 e. The lowest BCUT2D eigenvalue weighted by molar-refractivity contribution is -0.0911. The van der Waals surface area contributed by atoms with E-state index in [2.05, 4.69) is 19.2 Å². The Morgan fingerprint density at radius 1 is 1.24 bits per heavy atom. The van der Waals surface area contributed by atoms with E-state index in [-0.39, 0.29) is 17.0 Å². The monoisotopic (exact) mass is 237 g/mol. The molecule has 0 aromatic rings. The van der Waals surface area contributed by atoms with E-state index < -0.39 is 0 Å². The molecule has 0 aromatic heterocycles. The minimum absolute atomic E-state index is 0.00593. The first kappa shape index (κ1) is 11.4. The standard InChI is InChI=1S/C14H20FNO/c1-13(2)12-9-10(15)3-4-11(12)14(17-13)5-7-16-8-6-14/h9,16H,3-8H2,1-2H3. The number of fused-ring (bicyclic) bond motifs is 1. The zero-order valence-electron chi connectivity index (χ0n) is 10.6. The maximum Gasteiger partial charge on any atom is 0.101 e. The lowest BCUT2D eigenvalue weighted by Gasteiger charge is -2.38. The molecule has 3 rings (SSSR count). The van der Waals surface area contributed by atoms with Crippen molar-refractivity contribution in [2.75, 3.05) is 13.1 Å². The molecule has 1 fully saturated rings. The molecule has 0 radical (unpaired) electrons. The molecule has 0 bridgehead atoms. The Kier molecular flexibility index (Phi) is 2.46. The number of hydrogen-bond donors (Lipinski definition) is 1. The SMILES string of the molecule is CC1(C)OC2(CCNCC2)C2=C1C=C(F)CC2. The minimum Gasteiger partial charge on any atom is -0.360 e. The van der Waals surface area contributed by atoms with Gasteiger partial charge in [-0.2, -0.15) is 0 Å². The highest BCUT2D eigenvalue weighted by molar-refractivity contribution is 5.46. The second-order valence-electron chi connectivity index (χ2n) is 5.84. The Bertz CT molecular complexity index is 402. The lowest BCUT2D eigenvalue weighted by atomic mass is 9.78. The van der Waals surface area contributed by atoms with Crippen molar-refractivity contribution < 1.29 is 9.13 Å². The van der Waals surface area contributed by atoms with E-state index in [4.69, 9.17) is 4.74 Å². The van der Waals surface area contributed by atoms with E-state index >= 15 is 0 Å². The van der Waals surface area contributed by atoms with Crippen LogP contribution in [0.15, 0.2) is 23.0 Å². The lowest BCUT2D eigenvalue weighted by Crippen LogP contribution is -2.45. The van der Waals surface area contributed by atoms with Gasteiger partial charge in [0.15, 0.2) is 0 Å². The van der Waals surface area contributed by atoms with Crippen molar-refractivity contribution in [3.05, 3.63) is 23.0 Å². The summed E-state index contributed by atoms with van der Waals surface area (Å²) in [5.74, 6) is 0.00593. The van der Waals surface area contributed by atoms with Crippen LogP contribution in [0.4, 0.5) is 4.39 Å². The molecule has 94 valence electrons. The molecule has 0 aromatic carbocycles. The molecule has 0 atom stereocenters. The third-order valence-electron chi connectivity index (χ3n) is 4.30. The first-order chi connectivity index (χ1) is 8.04. The Morgan fingerprint density at radius 2 is 1.94 bits per heavy atom. The maximum absolute atomic E-state index is 13.5. The average Bonchev–Trinajstić information content (AvgIpc) is 2.48. The highest BCUT2D eigenvalue weighted by Gasteiger charge is 2.50. The Balaban J connectivity index is 2.05. The maximum atomic E-state index is 13.5. The molecule has 0 unspecified atom stereocenters. The van der Waals surface area contributed by atoms with Gasteiger partial charge in [0, 0.05) is 6.42 Å². The fourth-order valence-corrected chi connectivity index (χ4v) is 3.54. The van der Waals surface area contributed by atoms with Gasteiger partial charge >= 0.3 is 0 Å². The molecule has 2 heterocycles. The van der Waals surface area contributed by atoms with Crippen LogP contribution >= 0.6 is 0 Å². The zero-order valence-corrected chi connectivity index (χ0v) is 10.6. The summed E-state index contributed by atoms with van der Waals surface area (Å²) in [5.41, 5.74) is 2.03. The van der Waals surface area contributed by atoms with Crippen LogP contribution in [0.1, 0.15) is 39.5 Å². The predicted octanol–water partition coefficient (Wildman–Crippen LogP) is 2.86. The van der Waals surface area contributed by atoms with Crippen molar-refractivity contribution in [1.82, 2.24) is 5.32 Å². The van der Waals surface area contributed by atoms with Crippen LogP contribution in [-0.4, -0.2) is 24.3 Å². The molecule has 0 amide bonds. The van der Waals surface area contributed by atoms with Gasteiger partial charge < -0.3 is 10.1 Å². The number of nitrogens with one attached hydrogen (secondary N) is 1. The number of allylic oxidation sites excluding steroid dienone is 1. The van der Waals surface area contributed by atoms with Crippen molar-refractivity contribution in [1.29, 1.82) is 0 Å². The van der Waals surface area contributed by atoms with Gasteiger partial charge in [-0.05, 0) is 63.4 Å². The highest BCUT2D eigenvalue weighted by Crippen LogP contribution is 2.51. The van der Waals surface area contributed by atoms with Crippen molar-refractivity contribution in [2.24, 2.45) is 0 Å². The Hall–Kier alpha value is -0.670. The van der Waals surface area contributed by atoms with Crippen LogP contribution in [0.3, 0.4) is 0 Å². The molecule has 1 aliphatic carbocycles. The van der Waals surface area contributed by atoms with E-state index in [0.717, 1.165) is 37.9 Å². The third kappa shape index (κ3) is 1.67. The van der Waals surface area contributed by atoms with Gasteiger partial charge in [0.25, 0.3) is 0 Å². The van der Waals surface area contributed by atoms with Crippen LogP contribution in [-0.2, 0) is 4.74 Å². The van der Waals surface area contributed by atoms with Crippen molar-refractivity contribution in [2.45, 2.75) is 50.7 Å². The topological polar surface area (TPSA) is 21.3 Å². The minimum atomic E-state index is -0.329. The average molecular weight is 237 g/mol. The predicted molar refractivity (Wildman–Crippen MR) is 65.4 cm³/mol. The number of ether oxygens (including phenoxy) is 1. The Labute approximate surface area is 102 Å². The summed E-state index contributed by atoms with van der Waals surface area (Å²) < 4.78 is 19.8. The van der Waals surface area contributed by atoms with E-state index in [9.17, 15) is 4.39 Å². The summed E-state index contributed by atoms with van der Waals surface area (Å²) in [6.45, 7) is 6.13. The Morgan fingerprint density at radius 3 is 2.65 bits per heavy atom. The van der Waals surface area contributed by atoms with Gasteiger partial charge in [0.05, 0.1) is 11.2 Å². The van der Waals surface area contributed by atoms with Crippen LogP contribution in [0.5, 0.6) is 0 Å². The van der Waals surface area contributed by atoms with Gasteiger partial charge in [-0.1, -0.05) is 0 Å². The quantitative estimate of drug-likeness (QED) is 0.699. The fourth-order valence-electron chi connectivity index (χ4n) is 3.54. The summed E-state index contributed by atoms with van der Waals surface area (Å²) in [6.07, 6.45) is 5.14.